The molecule has 0 aliphatic carbocycles. The number of nitrogens with zero attached hydrogens (tertiary/aromatic N) is 2. The lowest BCUT2D eigenvalue weighted by atomic mass is 9.94. The maximum Gasteiger partial charge on any atom is 0.380 e. The van der Waals surface area contributed by atoms with E-state index in [1.54, 1.807) is 37.0 Å². The third-order valence-corrected chi connectivity index (χ3v) is 7.16. The Labute approximate surface area is 225 Å². The second-order valence-electron chi connectivity index (χ2n) is 8.80. The van der Waals surface area contributed by atoms with E-state index in [0.29, 0.717) is 10.9 Å². The molecule has 13 nitrogen and oxygen atoms in total. The van der Waals surface area contributed by atoms with Crippen molar-refractivity contribution >= 4 is 13.6 Å². The Morgan fingerprint density at radius 2 is 2.05 bits per heavy atom. The normalized spacial score (nSPS) is 26.0. The van der Waals surface area contributed by atoms with Crippen molar-refractivity contribution in [3.8, 4) is 17.6 Å². The lowest BCUT2D eigenvalue weighted by molar-refractivity contribution is -0.151. The molecule has 1 aliphatic rings. The maximum atomic E-state index is 14.0. The number of alkyl halides is 1. The van der Waals surface area contributed by atoms with Crippen LogP contribution in [0.5, 0.6) is 5.75 Å². The van der Waals surface area contributed by atoms with E-state index in [0.717, 1.165) is 0 Å². The number of benzene rings is 1. The summed E-state index contributed by atoms with van der Waals surface area (Å²) in [7, 11) is -4.64. The Morgan fingerprint density at radius 3 is 2.67 bits per heavy atom. The Morgan fingerprint density at radius 1 is 1.36 bits per heavy atom. The molecule has 1 saturated heterocycles. The van der Waals surface area contributed by atoms with E-state index >= 15 is 0 Å². The molecule has 0 amide bonds. The van der Waals surface area contributed by atoms with Crippen LogP contribution < -0.4 is 15.9 Å². The summed E-state index contributed by atoms with van der Waals surface area (Å²) in [5.74, 6) is 2.03. The van der Waals surface area contributed by atoms with Gasteiger partial charge < -0.3 is 24.2 Å². The van der Waals surface area contributed by atoms with Crippen LogP contribution in [0.15, 0.2) is 46.2 Å². The van der Waals surface area contributed by atoms with Gasteiger partial charge in [-0.1, -0.05) is 37.0 Å². The van der Waals surface area contributed by atoms with Crippen LogP contribution in [0.2, 0.25) is 0 Å². The van der Waals surface area contributed by atoms with Crippen molar-refractivity contribution in [3.05, 3.63) is 57.6 Å². The van der Waals surface area contributed by atoms with Crippen molar-refractivity contribution in [1.29, 1.82) is 0 Å². The zero-order valence-corrected chi connectivity index (χ0v) is 22.0. The highest BCUT2D eigenvalue weighted by atomic mass is 31.2. The Kier molecular flexibility index (Phi) is 8.85. The van der Waals surface area contributed by atoms with Gasteiger partial charge in [0.05, 0.1) is 27.5 Å². The highest BCUT2D eigenvalue weighted by Gasteiger charge is 2.56. The van der Waals surface area contributed by atoms with E-state index in [9.17, 15) is 33.6 Å². The van der Waals surface area contributed by atoms with Crippen LogP contribution in [0, 0.1) is 17.8 Å². The van der Waals surface area contributed by atoms with E-state index in [4.69, 9.17) is 21.3 Å². The standard InChI is InChI=1S/C24H29FN3O10P/c1-15(2)36-20(30)16(3)13-39(34,38-17-8-5-4-6-9-17)35-12-18-19(29)24(33,10-7-11-25)21(37-18)28-14-26-22(31)27-23(28)32/h4-6,8-9,14-16,18-19,21,29,33H,11-13H2,1-3H3,(H,27,31,32)/t16-,18-,19+,21-,24?,39+/m1/s1/i12D2. The van der Waals surface area contributed by atoms with Gasteiger partial charge in [-0.05, 0) is 26.0 Å². The van der Waals surface area contributed by atoms with E-state index in [1.165, 1.54) is 19.1 Å². The smallest absolute Gasteiger partial charge is 0.380 e. The fourth-order valence-corrected chi connectivity index (χ4v) is 5.24. The summed E-state index contributed by atoms with van der Waals surface area (Å²) in [4.78, 5) is 41.4. The van der Waals surface area contributed by atoms with E-state index in [2.05, 4.69) is 4.98 Å². The van der Waals surface area contributed by atoms with Crippen LogP contribution in [0.3, 0.4) is 0 Å². The summed E-state index contributed by atoms with van der Waals surface area (Å²) >= 11 is 0. The summed E-state index contributed by atoms with van der Waals surface area (Å²) in [5.41, 5.74) is -5.07. The predicted octanol–water partition coefficient (Wildman–Crippen LogP) is 0.770. The number of halogens is 1. The van der Waals surface area contributed by atoms with Gasteiger partial charge in [0.15, 0.2) is 11.8 Å². The van der Waals surface area contributed by atoms with E-state index in [-0.39, 0.29) is 5.75 Å². The number of carbonyl (C=O) groups is 1. The zero-order chi connectivity index (χ0) is 30.6. The Balaban J connectivity index is 2.01. The fraction of sp³-hybridized carbons (Fsp3) is 0.500. The van der Waals surface area contributed by atoms with Crippen LogP contribution in [0.1, 0.15) is 29.7 Å². The number of H-pyrrole nitrogens is 1. The molecule has 39 heavy (non-hydrogen) atoms. The van der Waals surface area contributed by atoms with Crippen molar-refractivity contribution in [2.24, 2.45) is 5.92 Å². The molecule has 1 unspecified atom stereocenters. The zero-order valence-electron chi connectivity index (χ0n) is 23.1. The molecule has 0 spiro atoms. The van der Waals surface area contributed by atoms with Gasteiger partial charge >= 0.3 is 24.9 Å². The van der Waals surface area contributed by atoms with Gasteiger partial charge in [0, 0.05) is 0 Å². The lowest BCUT2D eigenvalue weighted by Crippen LogP contribution is -2.48. The van der Waals surface area contributed by atoms with Crippen molar-refractivity contribution in [1.82, 2.24) is 14.5 Å². The molecule has 1 aromatic carbocycles. The number of carbonyl (C=O) groups excluding carboxylic acids is 1. The minimum atomic E-state index is -4.64. The molecule has 1 aliphatic heterocycles. The van der Waals surface area contributed by atoms with Crippen molar-refractivity contribution in [2.45, 2.75) is 50.9 Å². The first-order valence-electron chi connectivity index (χ1n) is 12.7. The van der Waals surface area contributed by atoms with Gasteiger partial charge in [0.2, 0.25) is 0 Å². The summed E-state index contributed by atoms with van der Waals surface area (Å²) < 4.78 is 65.9. The fourth-order valence-electron chi connectivity index (χ4n) is 3.52. The molecule has 15 heteroatoms. The first-order valence-corrected chi connectivity index (χ1v) is 13.4. The molecule has 1 aromatic heterocycles. The maximum absolute atomic E-state index is 14.0. The first-order chi connectivity index (χ1) is 19.1. The van der Waals surface area contributed by atoms with E-state index in [1.807, 2.05) is 11.8 Å². The van der Waals surface area contributed by atoms with Gasteiger partial charge in [-0.25, -0.2) is 18.5 Å². The largest absolute Gasteiger partial charge is 0.463 e. The topological polar surface area (TPSA) is 179 Å². The molecular formula is C24H29FN3O10P. The van der Waals surface area contributed by atoms with Crippen molar-refractivity contribution in [3.63, 3.8) is 0 Å². The molecule has 3 N–H and O–H groups in total. The highest BCUT2D eigenvalue weighted by molar-refractivity contribution is 7.54. The second-order valence-corrected chi connectivity index (χ2v) is 10.7. The molecule has 212 valence electrons. The minimum absolute atomic E-state index is 0.00184. The number of hydrogen-bond acceptors (Lipinski definition) is 11. The molecule has 2 aromatic rings. The summed E-state index contributed by atoms with van der Waals surface area (Å²) in [5, 5.41) is 22.2. The van der Waals surface area contributed by atoms with Crippen LogP contribution >= 0.6 is 7.60 Å². The lowest BCUT2D eigenvalue weighted by Gasteiger charge is -2.26. The van der Waals surface area contributed by atoms with Crippen molar-refractivity contribution in [2.75, 3.05) is 19.4 Å². The van der Waals surface area contributed by atoms with Crippen molar-refractivity contribution < 1.29 is 45.2 Å². The number of ether oxygens (including phenoxy) is 2. The molecule has 2 heterocycles. The number of aromatic nitrogens is 3. The van der Waals surface area contributed by atoms with Gasteiger partial charge in [0.25, 0.3) is 0 Å². The molecule has 3 rings (SSSR count). The summed E-state index contributed by atoms with van der Waals surface area (Å²) in [6, 6.07) is 7.52. The average Bonchev–Trinajstić information content (AvgIpc) is 3.13. The van der Waals surface area contributed by atoms with Crippen LogP contribution in [-0.4, -0.2) is 74.0 Å². The monoisotopic (exact) mass is 571 g/mol. The number of para-hydroxylation sites is 1. The van der Waals surface area contributed by atoms with Crippen LogP contribution in [0.4, 0.5) is 4.39 Å². The second kappa shape index (κ2) is 12.7. The third-order valence-electron chi connectivity index (χ3n) is 5.29. The number of aromatic amines is 1. The number of aliphatic hydroxyl groups excluding tert-OH is 1. The van der Waals surface area contributed by atoms with E-state index < -0.39 is 80.4 Å². The van der Waals surface area contributed by atoms with Gasteiger partial charge in [-0.3, -0.25) is 18.9 Å². The van der Waals surface area contributed by atoms with Gasteiger partial charge in [0.1, 0.15) is 31.0 Å². The quantitative estimate of drug-likeness (QED) is 0.208. The molecule has 6 atom stereocenters. The number of esters is 1. The Hall–Kier alpha value is -3.34. The van der Waals surface area contributed by atoms with Crippen LogP contribution in [0.25, 0.3) is 0 Å². The summed E-state index contributed by atoms with van der Waals surface area (Å²) in [6.45, 7) is 0.0166. The summed E-state index contributed by atoms with van der Waals surface area (Å²) in [6.07, 6.45) is -7.13. The highest BCUT2D eigenvalue weighted by Crippen LogP contribution is 2.51. The Bertz CT molecular complexity index is 1460. The number of nitrogens with one attached hydrogen (secondary N) is 1. The molecule has 0 bridgehead atoms. The third kappa shape index (κ3) is 7.40. The molecule has 0 saturated carbocycles. The SMILES string of the molecule is [2H]C([2H])(O[P@@](=O)(C[C@@H](C)C(=O)OC(C)C)Oc1ccccc1)[C@H]1O[C@@H](n2cnc(=O)[nH]c2=O)C(O)(C#CCF)[C@H]1O. The molecule has 1 fully saturated rings. The predicted molar refractivity (Wildman–Crippen MR) is 134 cm³/mol. The molecule has 0 radical (unpaired) electrons. The number of hydrogen-bond donors (Lipinski definition) is 3. The minimum Gasteiger partial charge on any atom is -0.463 e. The van der Waals surface area contributed by atoms with Gasteiger partial charge in [-0.2, -0.15) is 4.98 Å². The molecular weight excluding hydrogens is 540 g/mol. The van der Waals surface area contributed by atoms with Gasteiger partial charge in [-0.15, -0.1) is 0 Å². The van der Waals surface area contributed by atoms with Crippen LogP contribution in [-0.2, 0) is 23.4 Å². The average molecular weight is 571 g/mol. The number of aliphatic hydroxyl groups is 2. The first kappa shape index (κ1) is 27.2. The number of rotatable bonds is 10.